The van der Waals surface area contributed by atoms with Crippen molar-refractivity contribution >= 4 is 29.1 Å². The van der Waals surface area contributed by atoms with Gasteiger partial charge in [-0.05, 0) is 30.7 Å². The van der Waals surface area contributed by atoms with Gasteiger partial charge in [0.15, 0.2) is 0 Å². The molecule has 3 N–H and O–H groups in total. The first-order valence-electron chi connectivity index (χ1n) is 7.92. The van der Waals surface area contributed by atoms with Crippen LogP contribution in [0.15, 0.2) is 16.8 Å². The second-order valence-electron chi connectivity index (χ2n) is 5.85. The number of hydrogen-bond donors (Lipinski definition) is 3. The topological polar surface area (TPSA) is 105 Å². The molecule has 2 heterocycles. The largest absolute Gasteiger partial charge is 0.481 e. The van der Waals surface area contributed by atoms with Gasteiger partial charge in [0.1, 0.15) is 0 Å². The van der Waals surface area contributed by atoms with E-state index in [0.717, 1.165) is 0 Å². The molecule has 132 valence electrons. The number of ether oxygens (including phenoxy) is 1. The predicted molar refractivity (Wildman–Crippen MR) is 89.0 cm³/mol. The molecule has 2 amide bonds. The van der Waals surface area contributed by atoms with Crippen molar-refractivity contribution in [1.82, 2.24) is 10.6 Å². The summed E-state index contributed by atoms with van der Waals surface area (Å²) in [6.07, 6.45) is 1.56. The molecule has 1 aromatic rings. The average molecular weight is 354 g/mol. The average Bonchev–Trinajstić information content (AvgIpc) is 3.12. The number of nitrogens with one attached hydrogen (secondary N) is 2. The lowest BCUT2D eigenvalue weighted by Gasteiger charge is -2.33. The van der Waals surface area contributed by atoms with Gasteiger partial charge >= 0.3 is 5.97 Å². The Bertz CT molecular complexity index is 567. The number of carboxylic acids is 1. The number of carbonyl (C=O) groups is 3. The Kier molecular flexibility index (Phi) is 6.74. The Hall–Kier alpha value is -1.93. The number of amides is 2. The van der Waals surface area contributed by atoms with Crippen molar-refractivity contribution in [2.75, 3.05) is 26.3 Å². The van der Waals surface area contributed by atoms with Gasteiger partial charge in [0, 0.05) is 43.7 Å². The maximum absolute atomic E-state index is 11.9. The molecule has 24 heavy (non-hydrogen) atoms. The molecule has 2 rings (SSSR count). The lowest BCUT2D eigenvalue weighted by Crippen LogP contribution is -2.46. The second kappa shape index (κ2) is 8.79. The molecule has 0 unspecified atom stereocenters. The van der Waals surface area contributed by atoms with Gasteiger partial charge in [0.2, 0.25) is 5.91 Å². The summed E-state index contributed by atoms with van der Waals surface area (Å²) >= 11 is 1.45. The molecule has 1 aliphatic heterocycles. The van der Waals surface area contributed by atoms with Crippen molar-refractivity contribution in [2.24, 2.45) is 5.41 Å². The monoisotopic (exact) mass is 354 g/mol. The van der Waals surface area contributed by atoms with Crippen molar-refractivity contribution in [2.45, 2.75) is 25.7 Å². The summed E-state index contributed by atoms with van der Waals surface area (Å²) in [5.41, 5.74) is -0.312. The zero-order valence-electron chi connectivity index (χ0n) is 13.4. The highest BCUT2D eigenvalue weighted by Crippen LogP contribution is 2.30. The number of rotatable bonds is 8. The van der Waals surface area contributed by atoms with Gasteiger partial charge in [-0.15, -0.1) is 0 Å². The van der Waals surface area contributed by atoms with Gasteiger partial charge in [-0.1, -0.05) is 0 Å². The molecule has 0 spiro atoms. The Balaban J connectivity index is 1.66. The first kappa shape index (κ1) is 18.4. The minimum atomic E-state index is -0.929. The Morgan fingerprint density at radius 3 is 2.62 bits per heavy atom. The molecule has 7 nitrogen and oxygen atoms in total. The van der Waals surface area contributed by atoms with Gasteiger partial charge < -0.3 is 20.5 Å². The van der Waals surface area contributed by atoms with E-state index >= 15 is 0 Å². The van der Waals surface area contributed by atoms with E-state index in [-0.39, 0.29) is 24.8 Å². The SMILES string of the molecule is O=C(CCCNC(=O)c1ccsc1)NCC1(C(=O)O)CCOCC1. The van der Waals surface area contributed by atoms with Crippen LogP contribution < -0.4 is 10.6 Å². The van der Waals surface area contributed by atoms with Crippen LogP contribution in [-0.4, -0.2) is 49.2 Å². The standard InChI is InChI=1S/C16H22N2O5S/c19-13(2-1-6-17-14(20)12-3-9-24-10-12)18-11-16(15(21)22)4-7-23-8-5-16/h3,9-10H,1-2,4-8,11H2,(H,17,20)(H,18,19)(H,21,22). The Morgan fingerprint density at radius 2 is 2.00 bits per heavy atom. The zero-order chi connectivity index (χ0) is 17.4. The molecule has 0 radical (unpaired) electrons. The molecule has 1 aliphatic rings. The fraction of sp³-hybridized carbons (Fsp3) is 0.562. The summed E-state index contributed by atoms with van der Waals surface area (Å²) in [5.74, 6) is -1.25. The van der Waals surface area contributed by atoms with E-state index in [1.807, 2.05) is 5.38 Å². The molecular weight excluding hydrogens is 332 g/mol. The highest BCUT2D eigenvalue weighted by Gasteiger charge is 2.40. The number of carbonyl (C=O) groups excluding carboxylic acids is 2. The van der Waals surface area contributed by atoms with E-state index in [0.29, 0.717) is 44.6 Å². The molecule has 1 fully saturated rings. The lowest BCUT2D eigenvalue weighted by atomic mass is 9.80. The number of hydrogen-bond acceptors (Lipinski definition) is 5. The molecule has 1 saturated heterocycles. The highest BCUT2D eigenvalue weighted by atomic mass is 32.1. The molecule has 0 atom stereocenters. The van der Waals surface area contributed by atoms with Crippen LogP contribution in [0.5, 0.6) is 0 Å². The summed E-state index contributed by atoms with van der Waals surface area (Å²) in [5, 5.41) is 18.5. The summed E-state index contributed by atoms with van der Waals surface area (Å²) in [6.45, 7) is 1.32. The predicted octanol–water partition coefficient (Wildman–Crippen LogP) is 1.26. The van der Waals surface area contributed by atoms with Crippen LogP contribution in [-0.2, 0) is 14.3 Å². The third kappa shape index (κ3) is 5.04. The second-order valence-corrected chi connectivity index (χ2v) is 6.63. The minimum Gasteiger partial charge on any atom is -0.481 e. The van der Waals surface area contributed by atoms with Crippen molar-refractivity contribution in [1.29, 1.82) is 0 Å². The quantitative estimate of drug-likeness (QED) is 0.610. The number of carboxylic acid groups (broad SMARTS) is 1. The van der Waals surface area contributed by atoms with Crippen LogP contribution in [0.2, 0.25) is 0 Å². The molecule has 0 saturated carbocycles. The summed E-state index contributed by atoms with van der Waals surface area (Å²) in [4.78, 5) is 35.1. The van der Waals surface area contributed by atoms with Gasteiger partial charge in [0.25, 0.3) is 5.91 Å². The minimum absolute atomic E-state index is 0.117. The summed E-state index contributed by atoms with van der Waals surface area (Å²) in [7, 11) is 0. The molecule has 0 aliphatic carbocycles. The van der Waals surface area contributed by atoms with E-state index < -0.39 is 11.4 Å². The van der Waals surface area contributed by atoms with Gasteiger partial charge in [-0.3, -0.25) is 14.4 Å². The van der Waals surface area contributed by atoms with E-state index in [2.05, 4.69) is 10.6 Å². The first-order chi connectivity index (χ1) is 11.5. The summed E-state index contributed by atoms with van der Waals surface area (Å²) in [6, 6.07) is 1.74. The van der Waals surface area contributed by atoms with E-state index in [1.54, 1.807) is 11.4 Å². The van der Waals surface area contributed by atoms with Crippen molar-refractivity contribution in [3.63, 3.8) is 0 Å². The Morgan fingerprint density at radius 1 is 1.25 bits per heavy atom. The molecule has 0 bridgehead atoms. The van der Waals surface area contributed by atoms with Crippen LogP contribution in [0.25, 0.3) is 0 Å². The lowest BCUT2D eigenvalue weighted by molar-refractivity contribution is -0.154. The zero-order valence-corrected chi connectivity index (χ0v) is 14.2. The smallest absolute Gasteiger partial charge is 0.311 e. The van der Waals surface area contributed by atoms with Crippen molar-refractivity contribution < 1.29 is 24.2 Å². The van der Waals surface area contributed by atoms with Crippen molar-refractivity contribution in [3.8, 4) is 0 Å². The molecule has 0 aromatic carbocycles. The number of aliphatic carboxylic acids is 1. The van der Waals surface area contributed by atoms with Crippen LogP contribution in [0, 0.1) is 5.41 Å². The Labute approximate surface area is 144 Å². The van der Waals surface area contributed by atoms with Crippen LogP contribution in [0.4, 0.5) is 0 Å². The van der Waals surface area contributed by atoms with Gasteiger partial charge in [0.05, 0.1) is 5.41 Å². The van der Waals surface area contributed by atoms with Gasteiger partial charge in [-0.2, -0.15) is 11.3 Å². The molecule has 8 heteroatoms. The van der Waals surface area contributed by atoms with Crippen molar-refractivity contribution in [3.05, 3.63) is 22.4 Å². The maximum Gasteiger partial charge on any atom is 0.311 e. The maximum atomic E-state index is 11.9. The van der Waals surface area contributed by atoms with E-state index in [9.17, 15) is 19.5 Å². The van der Waals surface area contributed by atoms with Crippen LogP contribution >= 0.6 is 11.3 Å². The molecular formula is C16H22N2O5S. The fourth-order valence-corrected chi connectivity index (χ4v) is 3.17. The third-order valence-electron chi connectivity index (χ3n) is 4.18. The van der Waals surface area contributed by atoms with Crippen LogP contribution in [0.1, 0.15) is 36.0 Å². The van der Waals surface area contributed by atoms with Crippen LogP contribution in [0.3, 0.4) is 0 Å². The van der Waals surface area contributed by atoms with E-state index in [4.69, 9.17) is 4.74 Å². The third-order valence-corrected chi connectivity index (χ3v) is 4.86. The summed E-state index contributed by atoms with van der Waals surface area (Å²) < 4.78 is 5.20. The first-order valence-corrected chi connectivity index (χ1v) is 8.86. The normalized spacial score (nSPS) is 16.3. The fourth-order valence-electron chi connectivity index (χ4n) is 2.53. The van der Waals surface area contributed by atoms with E-state index in [1.165, 1.54) is 11.3 Å². The number of thiophene rings is 1. The highest BCUT2D eigenvalue weighted by molar-refractivity contribution is 7.08. The molecule has 1 aromatic heterocycles. The van der Waals surface area contributed by atoms with Gasteiger partial charge in [-0.25, -0.2) is 0 Å².